The van der Waals surface area contributed by atoms with Gasteiger partial charge in [-0.15, -0.1) is 11.3 Å². The van der Waals surface area contributed by atoms with Crippen molar-refractivity contribution in [3.05, 3.63) is 141 Å². The van der Waals surface area contributed by atoms with Crippen LogP contribution in [0.2, 0.25) is 0 Å². The van der Waals surface area contributed by atoms with Crippen LogP contribution < -0.4 is 0 Å². The summed E-state index contributed by atoms with van der Waals surface area (Å²) in [7, 11) is 0. The van der Waals surface area contributed by atoms with Crippen LogP contribution in [0.3, 0.4) is 0 Å². The number of rotatable bonds is 0. The molecule has 0 saturated heterocycles. The summed E-state index contributed by atoms with van der Waals surface area (Å²) in [5.41, 5.74) is 13.1. The van der Waals surface area contributed by atoms with Crippen LogP contribution in [0.25, 0.3) is 31.9 Å². The largest absolute Gasteiger partial charge is 0.361 e. The topological polar surface area (TPSA) is 31.6 Å². The number of aryl methyl sites for hydroxylation is 9. The molecule has 0 aliphatic rings. The molecule has 3 heterocycles. The summed E-state index contributed by atoms with van der Waals surface area (Å²) in [5, 5.41) is 4.01. The molecular formula is C40H48N2S. The molecule has 2 N–H and O–H groups in total. The molecule has 0 atom stereocenters. The number of hydrogen-bond acceptors (Lipinski definition) is 1. The molecule has 0 aliphatic carbocycles. The first kappa shape index (κ1) is 33.4. The molecular weight excluding hydrogens is 541 g/mol. The third kappa shape index (κ3) is 9.20. The Morgan fingerprint density at radius 3 is 1.84 bits per heavy atom. The molecule has 0 unspecified atom stereocenters. The van der Waals surface area contributed by atoms with E-state index in [4.69, 9.17) is 0 Å². The maximum Gasteiger partial charge on any atom is 0.0459 e. The first-order chi connectivity index (χ1) is 20.0. The SMILES string of the molecule is C.Cc1ccc(C)c(C)c1.Cc1ccc2[nH]c(C)cc2c1.Cc1ccc2c(C)c[nH]c2c1.Cc1ccc2cc(C)sc2c1. The van der Waals surface area contributed by atoms with E-state index in [2.05, 4.69) is 157 Å². The van der Waals surface area contributed by atoms with Crippen LogP contribution in [0.4, 0.5) is 0 Å². The third-order valence-electron chi connectivity index (χ3n) is 7.42. The molecule has 0 bridgehead atoms. The van der Waals surface area contributed by atoms with E-state index < -0.39 is 0 Å². The summed E-state index contributed by atoms with van der Waals surface area (Å²) in [5.74, 6) is 0. The van der Waals surface area contributed by atoms with Crippen LogP contribution >= 0.6 is 11.3 Å². The van der Waals surface area contributed by atoms with E-state index in [1.165, 1.54) is 81.4 Å². The minimum absolute atomic E-state index is 0. The van der Waals surface area contributed by atoms with Crippen LogP contribution in [0.1, 0.15) is 56.9 Å². The minimum Gasteiger partial charge on any atom is -0.361 e. The van der Waals surface area contributed by atoms with Gasteiger partial charge in [0, 0.05) is 37.9 Å². The fraction of sp³-hybridized carbons (Fsp3) is 0.250. The van der Waals surface area contributed by atoms with Gasteiger partial charge >= 0.3 is 0 Å². The standard InChI is InChI=1S/2C10H11N.C10H10S.C9H12.CH4/c1-7-3-4-10-9(5-7)6-8(2)11-10;1-7-3-4-9-8(2)6-11-10(9)5-7;1-7-3-4-9-6-8(2)11-10(9)5-7;1-7-4-5-8(2)9(3)6-7;/h2*3-6,11H,1-2H3;3-6H,1-2H3;4-6H,1-3H3;1H4. The van der Waals surface area contributed by atoms with Crippen molar-refractivity contribution in [1.29, 1.82) is 0 Å². The second kappa shape index (κ2) is 14.9. The summed E-state index contributed by atoms with van der Waals surface area (Å²) in [4.78, 5) is 7.91. The van der Waals surface area contributed by atoms with Crippen molar-refractivity contribution in [3.8, 4) is 0 Å². The van der Waals surface area contributed by atoms with Gasteiger partial charge < -0.3 is 9.97 Å². The van der Waals surface area contributed by atoms with Gasteiger partial charge in [0.1, 0.15) is 0 Å². The number of aromatic amines is 2. The van der Waals surface area contributed by atoms with Gasteiger partial charge in [-0.25, -0.2) is 0 Å². The van der Waals surface area contributed by atoms with Crippen LogP contribution in [-0.2, 0) is 0 Å². The fourth-order valence-electron chi connectivity index (χ4n) is 4.94. The summed E-state index contributed by atoms with van der Waals surface area (Å²) in [6.07, 6.45) is 2.05. The van der Waals surface area contributed by atoms with E-state index in [0.717, 1.165) is 0 Å². The van der Waals surface area contributed by atoms with Crippen molar-refractivity contribution in [2.24, 2.45) is 0 Å². The van der Waals surface area contributed by atoms with E-state index >= 15 is 0 Å². The van der Waals surface area contributed by atoms with Gasteiger partial charge in [0.15, 0.2) is 0 Å². The summed E-state index contributed by atoms with van der Waals surface area (Å²) >= 11 is 1.87. The van der Waals surface area contributed by atoms with Gasteiger partial charge in [-0.05, 0) is 137 Å². The van der Waals surface area contributed by atoms with E-state index in [1.54, 1.807) is 0 Å². The quantitative estimate of drug-likeness (QED) is 0.177. The molecule has 2 nitrogen and oxygen atoms in total. The zero-order chi connectivity index (χ0) is 30.4. The van der Waals surface area contributed by atoms with Gasteiger partial charge in [-0.1, -0.05) is 67.1 Å². The highest BCUT2D eigenvalue weighted by molar-refractivity contribution is 7.19. The molecule has 4 aromatic carbocycles. The van der Waals surface area contributed by atoms with Crippen molar-refractivity contribution >= 4 is 43.2 Å². The fourth-order valence-corrected chi connectivity index (χ4v) is 5.97. The second-order valence-electron chi connectivity index (χ2n) is 11.5. The normalized spacial score (nSPS) is 10.3. The van der Waals surface area contributed by atoms with Crippen molar-refractivity contribution in [3.63, 3.8) is 0 Å². The smallest absolute Gasteiger partial charge is 0.0459 e. The first-order valence-corrected chi connectivity index (χ1v) is 15.4. The van der Waals surface area contributed by atoms with Crippen molar-refractivity contribution < 1.29 is 0 Å². The highest BCUT2D eigenvalue weighted by Crippen LogP contribution is 2.25. The number of hydrogen-bond donors (Lipinski definition) is 2. The van der Waals surface area contributed by atoms with Crippen molar-refractivity contribution in [2.75, 3.05) is 0 Å². The Morgan fingerprint density at radius 2 is 1.12 bits per heavy atom. The average molecular weight is 589 g/mol. The van der Waals surface area contributed by atoms with E-state index in [-0.39, 0.29) is 7.43 Å². The number of H-pyrrole nitrogens is 2. The van der Waals surface area contributed by atoms with Crippen LogP contribution in [0.5, 0.6) is 0 Å². The number of thiophene rings is 1. The van der Waals surface area contributed by atoms with E-state index in [0.29, 0.717) is 0 Å². The molecule has 7 aromatic rings. The van der Waals surface area contributed by atoms with Gasteiger partial charge in [0.2, 0.25) is 0 Å². The van der Waals surface area contributed by atoms with Crippen LogP contribution in [0.15, 0.2) is 91.1 Å². The lowest BCUT2D eigenvalue weighted by Crippen LogP contribution is -1.79. The predicted molar refractivity (Wildman–Crippen MR) is 194 cm³/mol. The van der Waals surface area contributed by atoms with Crippen molar-refractivity contribution in [2.45, 2.75) is 69.7 Å². The zero-order valence-electron chi connectivity index (χ0n) is 26.6. The number of aromatic nitrogens is 2. The monoisotopic (exact) mass is 588 g/mol. The average Bonchev–Trinajstić information content (AvgIpc) is 3.61. The van der Waals surface area contributed by atoms with Gasteiger partial charge in [0.05, 0.1) is 0 Å². The molecule has 0 amide bonds. The summed E-state index contributed by atoms with van der Waals surface area (Å²) in [6, 6.07) is 30.4. The second-order valence-corrected chi connectivity index (χ2v) is 12.8. The number of nitrogens with one attached hydrogen (secondary N) is 2. The first-order valence-electron chi connectivity index (χ1n) is 14.6. The Labute approximate surface area is 262 Å². The Hall–Kier alpha value is -4.08. The predicted octanol–water partition coefficient (Wildman–Crippen LogP) is 12.3. The Morgan fingerprint density at radius 1 is 0.488 bits per heavy atom. The number of fused-ring (bicyclic) bond motifs is 3. The Bertz CT molecular complexity index is 1840. The van der Waals surface area contributed by atoms with E-state index in [9.17, 15) is 0 Å². The van der Waals surface area contributed by atoms with Crippen LogP contribution in [0, 0.1) is 62.3 Å². The van der Waals surface area contributed by atoms with Crippen LogP contribution in [-0.4, -0.2) is 9.97 Å². The van der Waals surface area contributed by atoms with E-state index in [1.807, 2.05) is 17.5 Å². The maximum absolute atomic E-state index is 3.29. The molecule has 0 fully saturated rings. The molecule has 7 rings (SSSR count). The molecule has 0 radical (unpaired) electrons. The lowest BCUT2D eigenvalue weighted by molar-refractivity contribution is 1.30. The molecule has 43 heavy (non-hydrogen) atoms. The molecule has 0 saturated carbocycles. The van der Waals surface area contributed by atoms with Gasteiger partial charge in [-0.2, -0.15) is 0 Å². The highest BCUT2D eigenvalue weighted by atomic mass is 32.1. The number of benzene rings is 4. The third-order valence-corrected chi connectivity index (χ3v) is 8.43. The van der Waals surface area contributed by atoms with Crippen molar-refractivity contribution in [1.82, 2.24) is 9.97 Å². The summed E-state index contributed by atoms with van der Waals surface area (Å²) < 4.78 is 1.41. The molecule has 0 spiro atoms. The highest BCUT2D eigenvalue weighted by Gasteiger charge is 1.98. The Kier molecular flexibility index (Phi) is 11.6. The lowest BCUT2D eigenvalue weighted by atomic mass is 10.1. The summed E-state index contributed by atoms with van der Waals surface area (Å²) in [6.45, 7) is 19.1. The van der Waals surface area contributed by atoms with Gasteiger partial charge in [0.25, 0.3) is 0 Å². The minimum atomic E-state index is 0. The van der Waals surface area contributed by atoms with Gasteiger partial charge in [-0.3, -0.25) is 0 Å². The molecule has 224 valence electrons. The molecule has 3 aromatic heterocycles. The maximum atomic E-state index is 3.29. The lowest BCUT2D eigenvalue weighted by Gasteiger charge is -1.98. The Balaban J connectivity index is 0.000000156. The molecule has 0 aliphatic heterocycles. The molecule has 3 heteroatoms. The zero-order valence-corrected chi connectivity index (χ0v) is 27.4.